The normalized spacial score (nSPS) is 10.7. The number of nitrogens with one attached hydrogen (secondary N) is 1. The van der Waals surface area contributed by atoms with Crippen molar-refractivity contribution in [1.29, 1.82) is 0 Å². The molecule has 2 aromatic rings. The summed E-state index contributed by atoms with van der Waals surface area (Å²) in [5.41, 5.74) is 0.703. The molecule has 6 heteroatoms. The Kier molecular flexibility index (Phi) is 4.73. The number of aromatic nitrogens is 1. The maximum absolute atomic E-state index is 6.09. The molecule has 0 saturated carbocycles. The fourth-order valence-electron chi connectivity index (χ4n) is 1.48. The smallest absolute Gasteiger partial charge is 0.0925 e. The van der Waals surface area contributed by atoms with E-state index in [0.29, 0.717) is 27.3 Å². The number of aryl methyl sites for hydroxylation is 1. The van der Waals surface area contributed by atoms with Crippen molar-refractivity contribution in [3.05, 3.63) is 43.3 Å². The Morgan fingerprint density at radius 1 is 1.22 bits per heavy atom. The fourth-order valence-corrected chi connectivity index (χ4v) is 3.23. The Morgan fingerprint density at radius 3 is 2.44 bits per heavy atom. The van der Waals surface area contributed by atoms with Gasteiger partial charge in [-0.25, -0.2) is 4.98 Å². The number of halogens is 3. The first-order valence-electron chi connectivity index (χ1n) is 5.42. The quantitative estimate of drug-likeness (QED) is 0.829. The third kappa shape index (κ3) is 3.29. The number of benzene rings is 1. The molecular formula is C12H11Cl3N2S. The molecule has 0 amide bonds. The molecule has 1 aromatic heterocycles. The molecule has 0 aliphatic heterocycles. The summed E-state index contributed by atoms with van der Waals surface area (Å²) >= 11 is 19.7. The summed E-state index contributed by atoms with van der Waals surface area (Å²) in [4.78, 5) is 5.44. The van der Waals surface area contributed by atoms with Gasteiger partial charge in [-0.1, -0.05) is 41.7 Å². The topological polar surface area (TPSA) is 24.9 Å². The van der Waals surface area contributed by atoms with Crippen LogP contribution in [0, 0.1) is 0 Å². The highest BCUT2D eigenvalue weighted by Gasteiger charge is 2.08. The monoisotopic (exact) mass is 320 g/mol. The van der Waals surface area contributed by atoms with E-state index in [1.807, 2.05) is 6.20 Å². The Hall–Kier alpha value is -0.480. The van der Waals surface area contributed by atoms with Gasteiger partial charge in [0.15, 0.2) is 0 Å². The maximum atomic E-state index is 6.09. The van der Waals surface area contributed by atoms with Crippen LogP contribution in [0.4, 0.5) is 5.69 Å². The molecule has 0 aliphatic rings. The average molecular weight is 322 g/mol. The zero-order valence-corrected chi connectivity index (χ0v) is 12.7. The molecule has 0 atom stereocenters. The molecule has 0 aliphatic carbocycles. The highest BCUT2D eigenvalue weighted by atomic mass is 35.5. The zero-order chi connectivity index (χ0) is 13.1. The van der Waals surface area contributed by atoms with E-state index in [-0.39, 0.29) is 0 Å². The van der Waals surface area contributed by atoms with Crippen molar-refractivity contribution in [3.8, 4) is 0 Å². The first-order chi connectivity index (χ1) is 8.60. The Bertz CT molecular complexity index is 531. The van der Waals surface area contributed by atoms with Crippen molar-refractivity contribution in [2.24, 2.45) is 0 Å². The summed E-state index contributed by atoms with van der Waals surface area (Å²) < 4.78 is 0. The molecular weight excluding hydrogens is 311 g/mol. The molecule has 0 unspecified atom stereocenters. The van der Waals surface area contributed by atoms with E-state index in [1.165, 1.54) is 0 Å². The summed E-state index contributed by atoms with van der Waals surface area (Å²) in [5.74, 6) is 0. The van der Waals surface area contributed by atoms with Crippen molar-refractivity contribution < 1.29 is 0 Å². The van der Waals surface area contributed by atoms with Gasteiger partial charge in [0.25, 0.3) is 0 Å². The summed E-state index contributed by atoms with van der Waals surface area (Å²) in [6.07, 6.45) is 2.82. The van der Waals surface area contributed by atoms with Crippen molar-refractivity contribution in [1.82, 2.24) is 4.98 Å². The van der Waals surface area contributed by atoms with Crippen molar-refractivity contribution in [3.63, 3.8) is 0 Å². The molecule has 2 nitrogen and oxygen atoms in total. The number of rotatable bonds is 4. The first-order valence-corrected chi connectivity index (χ1v) is 7.37. The SMILES string of the molecule is CCc1ncc(CNc2c(Cl)cc(Cl)cc2Cl)s1. The van der Waals surface area contributed by atoms with Crippen LogP contribution in [0.15, 0.2) is 18.3 Å². The van der Waals surface area contributed by atoms with Crippen LogP contribution in [0.25, 0.3) is 0 Å². The second-order valence-electron chi connectivity index (χ2n) is 3.67. The number of nitrogens with zero attached hydrogens (tertiary/aromatic N) is 1. The molecule has 1 heterocycles. The van der Waals surface area contributed by atoms with E-state index in [4.69, 9.17) is 34.8 Å². The van der Waals surface area contributed by atoms with Gasteiger partial charge in [-0.2, -0.15) is 0 Å². The van der Waals surface area contributed by atoms with Crippen molar-refractivity contribution >= 4 is 51.8 Å². The van der Waals surface area contributed by atoms with Crippen LogP contribution in [0.1, 0.15) is 16.8 Å². The standard InChI is InChI=1S/C12H11Cl3N2S/c1-2-11-16-5-8(18-11)6-17-12-9(14)3-7(13)4-10(12)15/h3-5,17H,2,6H2,1H3. The first kappa shape index (κ1) is 13.9. The van der Waals surface area contributed by atoms with Gasteiger partial charge in [0.05, 0.1) is 27.3 Å². The Morgan fingerprint density at radius 2 is 1.89 bits per heavy atom. The minimum atomic E-state index is 0.521. The largest absolute Gasteiger partial charge is 0.378 e. The second-order valence-corrected chi connectivity index (χ2v) is 6.12. The Balaban J connectivity index is 2.10. The molecule has 2 rings (SSSR count). The summed E-state index contributed by atoms with van der Waals surface area (Å²) in [6.45, 7) is 2.74. The molecule has 0 saturated heterocycles. The number of hydrogen-bond donors (Lipinski definition) is 1. The number of hydrogen-bond acceptors (Lipinski definition) is 3. The minimum absolute atomic E-state index is 0.521. The molecule has 96 valence electrons. The predicted molar refractivity (Wildman–Crippen MR) is 80.3 cm³/mol. The number of anilines is 1. The van der Waals surface area contributed by atoms with Gasteiger partial charge in [0.1, 0.15) is 0 Å². The van der Waals surface area contributed by atoms with Crippen LogP contribution < -0.4 is 5.32 Å². The summed E-state index contributed by atoms with van der Waals surface area (Å²) in [5, 5.41) is 5.91. The minimum Gasteiger partial charge on any atom is -0.378 e. The lowest BCUT2D eigenvalue weighted by atomic mass is 10.3. The van der Waals surface area contributed by atoms with Crippen LogP contribution in [-0.4, -0.2) is 4.98 Å². The van der Waals surface area contributed by atoms with Gasteiger partial charge in [-0.15, -0.1) is 11.3 Å². The average Bonchev–Trinajstić information content (AvgIpc) is 2.75. The van der Waals surface area contributed by atoms with E-state index in [1.54, 1.807) is 23.5 Å². The fraction of sp³-hybridized carbons (Fsp3) is 0.250. The lowest BCUT2D eigenvalue weighted by Crippen LogP contribution is -1.98. The highest BCUT2D eigenvalue weighted by Crippen LogP contribution is 2.34. The van der Waals surface area contributed by atoms with Crippen LogP contribution in [0.2, 0.25) is 15.1 Å². The second kappa shape index (κ2) is 6.11. The van der Waals surface area contributed by atoms with Crippen molar-refractivity contribution in [2.75, 3.05) is 5.32 Å². The van der Waals surface area contributed by atoms with Gasteiger partial charge in [0, 0.05) is 16.1 Å². The Labute approximate surface area is 125 Å². The lowest BCUT2D eigenvalue weighted by molar-refractivity contribution is 1.09. The third-order valence-electron chi connectivity index (χ3n) is 2.35. The summed E-state index contributed by atoms with van der Waals surface area (Å²) in [7, 11) is 0. The highest BCUT2D eigenvalue weighted by molar-refractivity contribution is 7.11. The van der Waals surface area contributed by atoms with Crippen molar-refractivity contribution in [2.45, 2.75) is 19.9 Å². The van der Waals surface area contributed by atoms with Crippen LogP contribution >= 0.6 is 46.1 Å². The van der Waals surface area contributed by atoms with Crippen LogP contribution in [-0.2, 0) is 13.0 Å². The maximum Gasteiger partial charge on any atom is 0.0925 e. The zero-order valence-electron chi connectivity index (χ0n) is 9.64. The molecule has 1 N–H and O–H groups in total. The van der Waals surface area contributed by atoms with E-state index in [0.717, 1.165) is 16.3 Å². The van der Waals surface area contributed by atoms with E-state index in [9.17, 15) is 0 Å². The van der Waals surface area contributed by atoms with E-state index < -0.39 is 0 Å². The van der Waals surface area contributed by atoms with Crippen LogP contribution in [0.3, 0.4) is 0 Å². The molecule has 1 aromatic carbocycles. The molecule has 0 fully saturated rings. The predicted octanol–water partition coefficient (Wildman–Crippen LogP) is 5.28. The van der Waals surface area contributed by atoms with Gasteiger partial charge in [0.2, 0.25) is 0 Å². The van der Waals surface area contributed by atoms with Gasteiger partial charge < -0.3 is 5.32 Å². The van der Waals surface area contributed by atoms with E-state index in [2.05, 4.69) is 17.2 Å². The third-order valence-corrected chi connectivity index (χ3v) is 4.31. The molecule has 0 spiro atoms. The van der Waals surface area contributed by atoms with Crippen LogP contribution in [0.5, 0.6) is 0 Å². The lowest BCUT2D eigenvalue weighted by Gasteiger charge is -2.09. The molecule has 0 radical (unpaired) electrons. The van der Waals surface area contributed by atoms with Gasteiger partial charge in [-0.3, -0.25) is 0 Å². The summed E-state index contributed by atoms with van der Waals surface area (Å²) in [6, 6.07) is 3.34. The molecule has 18 heavy (non-hydrogen) atoms. The number of thiazole rings is 1. The van der Waals surface area contributed by atoms with E-state index >= 15 is 0 Å². The van der Waals surface area contributed by atoms with Gasteiger partial charge >= 0.3 is 0 Å². The molecule has 0 bridgehead atoms. The van der Waals surface area contributed by atoms with Gasteiger partial charge in [-0.05, 0) is 18.6 Å².